The summed E-state index contributed by atoms with van der Waals surface area (Å²) >= 11 is 0. The molecule has 1 aliphatic carbocycles. The molecule has 0 radical (unpaired) electrons. The van der Waals surface area contributed by atoms with E-state index in [9.17, 15) is 18.4 Å². The van der Waals surface area contributed by atoms with Gasteiger partial charge in [0.2, 0.25) is 0 Å². The number of alkyl halides is 2. The van der Waals surface area contributed by atoms with Crippen molar-refractivity contribution in [2.75, 3.05) is 6.54 Å². The Bertz CT molecular complexity index is 837. The first kappa shape index (κ1) is 18.8. The van der Waals surface area contributed by atoms with Crippen molar-refractivity contribution in [3.8, 4) is 5.75 Å². The lowest BCUT2D eigenvalue weighted by Gasteiger charge is -2.22. The molecule has 2 aromatic carbocycles. The van der Waals surface area contributed by atoms with E-state index in [4.69, 9.17) is 10.5 Å². The monoisotopic (exact) mass is 374 g/mol. The van der Waals surface area contributed by atoms with E-state index in [2.05, 4.69) is 0 Å². The molecular formula is C20H20F2N2O3. The second-order valence-electron chi connectivity index (χ2n) is 6.43. The summed E-state index contributed by atoms with van der Waals surface area (Å²) in [6.45, 7) is -0.445. The van der Waals surface area contributed by atoms with Crippen LogP contribution in [0, 0.1) is 0 Å². The van der Waals surface area contributed by atoms with Gasteiger partial charge in [-0.3, -0.25) is 9.59 Å². The molecule has 5 nitrogen and oxygen atoms in total. The summed E-state index contributed by atoms with van der Waals surface area (Å²) in [7, 11) is 0. The van der Waals surface area contributed by atoms with Gasteiger partial charge >= 0.3 is 0 Å². The Labute approximate surface area is 155 Å². The molecule has 142 valence electrons. The van der Waals surface area contributed by atoms with Crippen LogP contribution in [0.1, 0.15) is 39.1 Å². The van der Waals surface area contributed by atoms with Crippen LogP contribution in [-0.2, 0) is 6.61 Å². The first-order chi connectivity index (χ1) is 13.0. The number of benzene rings is 2. The van der Waals surface area contributed by atoms with E-state index in [0.717, 1.165) is 12.8 Å². The van der Waals surface area contributed by atoms with Gasteiger partial charge in [0.15, 0.2) is 0 Å². The number of hydrogen-bond acceptors (Lipinski definition) is 3. The van der Waals surface area contributed by atoms with Crippen LogP contribution in [0.3, 0.4) is 0 Å². The fourth-order valence-electron chi connectivity index (χ4n) is 2.85. The maximum Gasteiger partial charge on any atom is 0.255 e. The third-order valence-corrected chi connectivity index (χ3v) is 4.30. The molecule has 0 saturated heterocycles. The zero-order valence-corrected chi connectivity index (χ0v) is 14.6. The number of nitrogens with two attached hydrogens (primary N) is 1. The minimum atomic E-state index is -2.56. The first-order valence-electron chi connectivity index (χ1n) is 8.65. The minimum absolute atomic E-state index is 0.103. The summed E-state index contributed by atoms with van der Waals surface area (Å²) in [5.41, 5.74) is 6.62. The SMILES string of the molecule is NC(=O)c1ccccc1OCc1cccc(C(=O)N(CC(F)F)C2CC2)c1. The normalized spacial score (nSPS) is 13.4. The standard InChI is InChI=1S/C20H20F2N2O3/c21-18(22)11-24(15-8-9-15)20(26)14-5-3-4-13(10-14)12-27-17-7-2-1-6-16(17)19(23)25/h1-7,10,15,18H,8-9,11-12H2,(H2,23,25). The smallest absolute Gasteiger partial charge is 0.255 e. The van der Waals surface area contributed by atoms with Crippen LogP contribution >= 0.6 is 0 Å². The largest absolute Gasteiger partial charge is 0.488 e. The Morgan fingerprint density at radius 2 is 1.89 bits per heavy atom. The Morgan fingerprint density at radius 3 is 2.56 bits per heavy atom. The number of rotatable bonds is 8. The van der Waals surface area contributed by atoms with E-state index < -0.39 is 24.8 Å². The maximum atomic E-state index is 12.8. The molecule has 27 heavy (non-hydrogen) atoms. The van der Waals surface area contributed by atoms with Crippen molar-refractivity contribution in [1.29, 1.82) is 0 Å². The highest BCUT2D eigenvalue weighted by Crippen LogP contribution is 2.29. The van der Waals surface area contributed by atoms with Crippen molar-refractivity contribution in [1.82, 2.24) is 4.90 Å². The molecule has 1 aliphatic rings. The molecule has 2 aromatic rings. The molecule has 1 saturated carbocycles. The molecule has 0 bridgehead atoms. The van der Waals surface area contributed by atoms with Gasteiger partial charge in [0.05, 0.1) is 12.1 Å². The number of amides is 2. The second-order valence-corrected chi connectivity index (χ2v) is 6.43. The summed E-state index contributed by atoms with van der Waals surface area (Å²) in [4.78, 5) is 25.3. The summed E-state index contributed by atoms with van der Waals surface area (Å²) in [6, 6.07) is 13.2. The van der Waals surface area contributed by atoms with E-state index in [-0.39, 0.29) is 18.2 Å². The molecule has 0 unspecified atom stereocenters. The van der Waals surface area contributed by atoms with Gasteiger partial charge in [-0.1, -0.05) is 24.3 Å². The number of carbonyl (C=O) groups excluding carboxylic acids is 2. The van der Waals surface area contributed by atoms with Gasteiger partial charge in [-0.15, -0.1) is 0 Å². The van der Waals surface area contributed by atoms with E-state index >= 15 is 0 Å². The van der Waals surface area contributed by atoms with E-state index in [1.165, 1.54) is 4.90 Å². The van der Waals surface area contributed by atoms with E-state index in [1.807, 2.05) is 0 Å². The summed E-state index contributed by atoms with van der Waals surface area (Å²) in [6.07, 6.45) is -1.05. The highest BCUT2D eigenvalue weighted by molar-refractivity contribution is 5.95. The molecule has 0 aromatic heterocycles. The summed E-state index contributed by atoms with van der Waals surface area (Å²) < 4.78 is 31.2. The molecule has 0 heterocycles. The molecule has 7 heteroatoms. The lowest BCUT2D eigenvalue weighted by Crippen LogP contribution is -2.37. The van der Waals surface area contributed by atoms with Crippen LogP contribution in [0.15, 0.2) is 48.5 Å². The Hall–Kier alpha value is -2.96. The predicted octanol–water partition coefficient (Wildman–Crippen LogP) is 3.23. The van der Waals surface area contributed by atoms with Crippen LogP contribution in [0.4, 0.5) is 8.78 Å². The van der Waals surface area contributed by atoms with E-state index in [0.29, 0.717) is 16.9 Å². The third kappa shape index (κ3) is 4.81. The lowest BCUT2D eigenvalue weighted by atomic mass is 10.1. The van der Waals surface area contributed by atoms with Crippen molar-refractivity contribution in [2.45, 2.75) is 31.9 Å². The van der Waals surface area contributed by atoms with Gasteiger partial charge in [-0.25, -0.2) is 8.78 Å². The molecule has 0 aliphatic heterocycles. The van der Waals surface area contributed by atoms with Crippen molar-refractivity contribution < 1.29 is 23.1 Å². The third-order valence-electron chi connectivity index (χ3n) is 4.30. The van der Waals surface area contributed by atoms with Crippen LogP contribution in [-0.4, -0.2) is 35.7 Å². The highest BCUT2D eigenvalue weighted by Gasteiger charge is 2.34. The van der Waals surface area contributed by atoms with Crippen molar-refractivity contribution >= 4 is 11.8 Å². The van der Waals surface area contributed by atoms with Crippen LogP contribution in [0.25, 0.3) is 0 Å². The maximum absolute atomic E-state index is 12.8. The van der Waals surface area contributed by atoms with Crippen molar-refractivity contribution in [3.63, 3.8) is 0 Å². The zero-order chi connectivity index (χ0) is 19.4. The average Bonchev–Trinajstić information content (AvgIpc) is 3.49. The number of ether oxygens (including phenoxy) is 1. The van der Waals surface area contributed by atoms with Crippen LogP contribution in [0.2, 0.25) is 0 Å². The summed E-state index contributed by atoms with van der Waals surface area (Å²) in [5.74, 6) is -0.655. The molecule has 0 atom stereocenters. The first-order valence-corrected chi connectivity index (χ1v) is 8.65. The van der Waals surface area contributed by atoms with Gasteiger partial charge in [0.25, 0.3) is 18.2 Å². The number of para-hydroxylation sites is 1. The predicted molar refractivity (Wildman–Crippen MR) is 95.8 cm³/mol. The topological polar surface area (TPSA) is 72.6 Å². The van der Waals surface area contributed by atoms with Gasteiger partial charge in [0.1, 0.15) is 12.4 Å². The highest BCUT2D eigenvalue weighted by atomic mass is 19.3. The van der Waals surface area contributed by atoms with Gasteiger partial charge in [-0.2, -0.15) is 0 Å². The minimum Gasteiger partial charge on any atom is -0.488 e. The number of carbonyl (C=O) groups is 2. The van der Waals surface area contributed by atoms with Gasteiger partial charge < -0.3 is 15.4 Å². The number of hydrogen-bond donors (Lipinski definition) is 1. The number of nitrogens with zero attached hydrogens (tertiary/aromatic N) is 1. The fourth-order valence-corrected chi connectivity index (χ4v) is 2.85. The summed E-state index contributed by atoms with van der Waals surface area (Å²) in [5, 5.41) is 0. The average molecular weight is 374 g/mol. The van der Waals surface area contributed by atoms with E-state index in [1.54, 1.807) is 48.5 Å². The zero-order valence-electron chi connectivity index (χ0n) is 14.6. The molecule has 0 spiro atoms. The number of halogens is 2. The Kier molecular flexibility index (Phi) is 5.69. The van der Waals surface area contributed by atoms with Crippen molar-refractivity contribution in [3.05, 3.63) is 65.2 Å². The molecule has 1 fully saturated rings. The van der Waals surface area contributed by atoms with Crippen molar-refractivity contribution in [2.24, 2.45) is 5.73 Å². The fraction of sp³-hybridized carbons (Fsp3) is 0.300. The van der Waals surface area contributed by atoms with Crippen LogP contribution in [0.5, 0.6) is 5.75 Å². The number of primary amides is 1. The molecule has 2 N–H and O–H groups in total. The van der Waals surface area contributed by atoms with Gasteiger partial charge in [0, 0.05) is 11.6 Å². The quantitative estimate of drug-likeness (QED) is 0.771. The molecule has 2 amide bonds. The van der Waals surface area contributed by atoms with Crippen LogP contribution < -0.4 is 10.5 Å². The lowest BCUT2D eigenvalue weighted by molar-refractivity contribution is 0.0534. The Morgan fingerprint density at radius 1 is 1.15 bits per heavy atom. The van der Waals surface area contributed by atoms with Gasteiger partial charge in [-0.05, 0) is 42.7 Å². The second kappa shape index (κ2) is 8.16. The molecular weight excluding hydrogens is 354 g/mol. The Balaban J connectivity index is 1.72. The molecule has 3 rings (SSSR count).